The second-order valence-electron chi connectivity index (χ2n) is 5.59. The maximum absolute atomic E-state index is 12.3. The first kappa shape index (κ1) is 12.2. The number of carbonyl (C=O) groups excluding carboxylic acids is 1. The number of aromatic amines is 1. The Hall–Kier alpha value is -1.85. The molecule has 1 saturated heterocycles. The molecule has 2 heterocycles. The van der Waals surface area contributed by atoms with Gasteiger partial charge < -0.3 is 10.0 Å². The van der Waals surface area contributed by atoms with E-state index >= 15 is 0 Å². The number of carboxylic acid groups (broad SMARTS) is 1. The van der Waals surface area contributed by atoms with Gasteiger partial charge >= 0.3 is 5.97 Å². The molecule has 2 aliphatic rings. The van der Waals surface area contributed by atoms with Gasteiger partial charge in [-0.15, -0.1) is 0 Å². The van der Waals surface area contributed by atoms with E-state index in [4.69, 9.17) is 0 Å². The van der Waals surface area contributed by atoms with Gasteiger partial charge in [0.25, 0.3) is 5.91 Å². The second-order valence-corrected chi connectivity index (χ2v) is 5.59. The molecular formula is C13H17N3O3. The van der Waals surface area contributed by atoms with Gasteiger partial charge in [0.05, 0.1) is 5.92 Å². The van der Waals surface area contributed by atoms with Gasteiger partial charge in [0.1, 0.15) is 5.69 Å². The number of rotatable bonds is 3. The van der Waals surface area contributed by atoms with Crippen molar-refractivity contribution in [2.24, 2.45) is 17.8 Å². The Morgan fingerprint density at radius 2 is 2.16 bits per heavy atom. The van der Waals surface area contributed by atoms with E-state index in [0.717, 1.165) is 18.5 Å². The van der Waals surface area contributed by atoms with Gasteiger partial charge in [0, 0.05) is 18.8 Å². The molecule has 1 aliphatic carbocycles. The number of carboxylic acids is 1. The first-order valence-electron chi connectivity index (χ1n) is 6.60. The van der Waals surface area contributed by atoms with Crippen molar-refractivity contribution >= 4 is 11.9 Å². The maximum atomic E-state index is 12.3. The number of hydrogen-bond acceptors (Lipinski definition) is 3. The van der Waals surface area contributed by atoms with E-state index in [2.05, 4.69) is 10.2 Å². The molecule has 1 amide bonds. The Kier molecular flexibility index (Phi) is 2.80. The molecule has 1 aromatic rings. The van der Waals surface area contributed by atoms with Crippen LogP contribution in [0.15, 0.2) is 6.07 Å². The van der Waals surface area contributed by atoms with E-state index in [0.29, 0.717) is 24.7 Å². The molecule has 102 valence electrons. The monoisotopic (exact) mass is 263 g/mol. The van der Waals surface area contributed by atoms with Crippen molar-refractivity contribution in [3.8, 4) is 0 Å². The fraction of sp³-hybridized carbons (Fsp3) is 0.615. The third-order valence-electron chi connectivity index (χ3n) is 4.12. The average Bonchev–Trinajstić information content (AvgIpc) is 2.96. The Bertz CT molecular complexity index is 521. The van der Waals surface area contributed by atoms with Crippen LogP contribution in [-0.2, 0) is 4.79 Å². The number of aromatic nitrogens is 2. The number of aliphatic carboxylic acids is 1. The number of hydrogen-bond donors (Lipinski definition) is 2. The summed E-state index contributed by atoms with van der Waals surface area (Å²) in [5.41, 5.74) is 1.20. The van der Waals surface area contributed by atoms with Crippen LogP contribution in [0.1, 0.15) is 29.0 Å². The normalized spacial score (nSPS) is 26.7. The van der Waals surface area contributed by atoms with Crippen molar-refractivity contribution in [2.45, 2.75) is 19.8 Å². The molecule has 2 atom stereocenters. The summed E-state index contributed by atoms with van der Waals surface area (Å²) in [5.74, 6) is -0.776. The number of H-pyrrole nitrogens is 1. The number of carbonyl (C=O) groups is 2. The number of nitrogens with zero attached hydrogens (tertiary/aromatic N) is 2. The first-order chi connectivity index (χ1) is 9.06. The molecule has 2 fully saturated rings. The molecule has 19 heavy (non-hydrogen) atoms. The molecular weight excluding hydrogens is 246 g/mol. The van der Waals surface area contributed by atoms with Gasteiger partial charge in [-0.2, -0.15) is 5.10 Å². The van der Waals surface area contributed by atoms with Crippen molar-refractivity contribution < 1.29 is 14.7 Å². The van der Waals surface area contributed by atoms with Crippen LogP contribution in [0.25, 0.3) is 0 Å². The third kappa shape index (κ3) is 2.22. The third-order valence-corrected chi connectivity index (χ3v) is 4.12. The van der Waals surface area contributed by atoms with Crippen LogP contribution in [0.5, 0.6) is 0 Å². The maximum Gasteiger partial charge on any atom is 0.308 e. The van der Waals surface area contributed by atoms with Crippen LogP contribution in [0.2, 0.25) is 0 Å². The average molecular weight is 263 g/mol. The highest BCUT2D eigenvalue weighted by molar-refractivity contribution is 5.93. The molecule has 0 radical (unpaired) electrons. The van der Waals surface area contributed by atoms with Crippen LogP contribution in [0, 0.1) is 24.7 Å². The summed E-state index contributed by atoms with van der Waals surface area (Å²) in [6.45, 7) is 2.69. The van der Waals surface area contributed by atoms with E-state index in [1.165, 1.54) is 0 Å². The lowest BCUT2D eigenvalue weighted by molar-refractivity contribution is -0.142. The Morgan fingerprint density at radius 3 is 2.68 bits per heavy atom. The molecule has 0 bridgehead atoms. The fourth-order valence-corrected chi connectivity index (χ4v) is 2.95. The lowest BCUT2D eigenvalue weighted by Gasteiger charge is -2.14. The largest absolute Gasteiger partial charge is 0.481 e. The zero-order valence-electron chi connectivity index (χ0n) is 10.8. The molecule has 1 aliphatic heterocycles. The highest BCUT2D eigenvalue weighted by Gasteiger charge is 2.47. The summed E-state index contributed by atoms with van der Waals surface area (Å²) in [7, 11) is 0. The van der Waals surface area contributed by atoms with Crippen molar-refractivity contribution in [3.05, 3.63) is 17.5 Å². The van der Waals surface area contributed by atoms with E-state index in [9.17, 15) is 14.7 Å². The zero-order valence-corrected chi connectivity index (χ0v) is 10.8. The topological polar surface area (TPSA) is 86.3 Å². The lowest BCUT2D eigenvalue weighted by atomic mass is 9.92. The molecule has 0 unspecified atom stereocenters. The number of likely N-dealkylation sites (tertiary alicyclic amines) is 1. The SMILES string of the molecule is Cc1cc(C(=O)N2C[C@@H](C(=O)O)[C@H](C3CC3)C2)n[nH]1. The second kappa shape index (κ2) is 4.36. The number of nitrogens with one attached hydrogen (secondary N) is 1. The number of aryl methyl sites for hydroxylation is 1. The van der Waals surface area contributed by atoms with Crippen molar-refractivity contribution in [3.63, 3.8) is 0 Å². The Balaban J connectivity index is 1.75. The Morgan fingerprint density at radius 1 is 1.42 bits per heavy atom. The van der Waals surface area contributed by atoms with Crippen molar-refractivity contribution in [1.82, 2.24) is 15.1 Å². The highest BCUT2D eigenvalue weighted by atomic mass is 16.4. The smallest absolute Gasteiger partial charge is 0.308 e. The summed E-state index contributed by atoms with van der Waals surface area (Å²) < 4.78 is 0. The van der Waals surface area contributed by atoms with Gasteiger partial charge in [-0.05, 0) is 37.7 Å². The van der Waals surface area contributed by atoms with Crippen molar-refractivity contribution in [1.29, 1.82) is 0 Å². The van der Waals surface area contributed by atoms with E-state index in [1.54, 1.807) is 11.0 Å². The fourth-order valence-electron chi connectivity index (χ4n) is 2.95. The predicted molar refractivity (Wildman–Crippen MR) is 66.6 cm³/mol. The van der Waals surface area contributed by atoms with Crippen LogP contribution in [0.3, 0.4) is 0 Å². The molecule has 0 aromatic carbocycles. The minimum atomic E-state index is -0.787. The molecule has 6 nitrogen and oxygen atoms in total. The molecule has 0 spiro atoms. The van der Waals surface area contributed by atoms with Crippen molar-refractivity contribution in [2.75, 3.05) is 13.1 Å². The standard InChI is InChI=1S/C13H17N3O3/c1-7-4-11(15-14-7)12(17)16-5-9(8-2-3-8)10(6-16)13(18)19/h4,8-10H,2-3,5-6H2,1H3,(H,14,15)(H,18,19)/t9-,10+/m0/s1. The molecule has 1 saturated carbocycles. The van der Waals surface area contributed by atoms with E-state index in [1.807, 2.05) is 6.92 Å². The number of amides is 1. The summed E-state index contributed by atoms with van der Waals surface area (Å²) in [6.07, 6.45) is 2.19. The van der Waals surface area contributed by atoms with Crippen LogP contribution in [-0.4, -0.2) is 45.2 Å². The lowest BCUT2D eigenvalue weighted by Crippen LogP contribution is -2.30. The zero-order chi connectivity index (χ0) is 13.6. The van der Waals surface area contributed by atoms with Gasteiger partial charge in [0.15, 0.2) is 0 Å². The van der Waals surface area contributed by atoms with Crippen LogP contribution < -0.4 is 0 Å². The van der Waals surface area contributed by atoms with Crippen LogP contribution >= 0.6 is 0 Å². The van der Waals surface area contributed by atoms with Gasteiger partial charge in [-0.3, -0.25) is 14.7 Å². The van der Waals surface area contributed by atoms with E-state index < -0.39 is 11.9 Å². The van der Waals surface area contributed by atoms with Gasteiger partial charge in [0.2, 0.25) is 0 Å². The molecule has 1 aromatic heterocycles. The quantitative estimate of drug-likeness (QED) is 0.848. The summed E-state index contributed by atoms with van der Waals surface area (Å²) in [6, 6.07) is 1.70. The van der Waals surface area contributed by atoms with Gasteiger partial charge in [-0.1, -0.05) is 0 Å². The van der Waals surface area contributed by atoms with Crippen LogP contribution in [0.4, 0.5) is 0 Å². The highest BCUT2D eigenvalue weighted by Crippen LogP contribution is 2.44. The minimum Gasteiger partial charge on any atom is -0.481 e. The molecule has 2 N–H and O–H groups in total. The summed E-state index contributed by atoms with van der Waals surface area (Å²) >= 11 is 0. The minimum absolute atomic E-state index is 0.112. The summed E-state index contributed by atoms with van der Waals surface area (Å²) in [5, 5.41) is 16.0. The van der Waals surface area contributed by atoms with Gasteiger partial charge in [-0.25, -0.2) is 0 Å². The predicted octanol–water partition coefficient (Wildman–Crippen LogP) is 0.901. The molecule has 6 heteroatoms. The Labute approximate surface area is 110 Å². The first-order valence-corrected chi connectivity index (χ1v) is 6.60. The van der Waals surface area contributed by atoms with E-state index in [-0.39, 0.29) is 11.8 Å². The molecule has 3 rings (SSSR count). The summed E-state index contributed by atoms with van der Waals surface area (Å²) in [4.78, 5) is 25.2.